The first-order chi connectivity index (χ1) is 11.5. The standard InChI is InChI=1S/C17H15Br2NO3S/c18-9-1-2-10-23-14-7-8-15-16(11-14)24(21,22)20-17(15)12-3-5-13(19)6-4-12/h3-8,11H,1-2,9-10H2. The average Bonchev–Trinajstić information content (AvgIpc) is 2.84. The van der Waals surface area contributed by atoms with Gasteiger partial charge in [0.2, 0.25) is 0 Å². The highest BCUT2D eigenvalue weighted by Crippen LogP contribution is 2.32. The minimum atomic E-state index is -3.68. The quantitative estimate of drug-likeness (QED) is 0.458. The number of unbranched alkanes of at least 4 members (excludes halogenated alkanes) is 1. The van der Waals surface area contributed by atoms with E-state index in [0.717, 1.165) is 28.2 Å². The second-order valence-corrected chi connectivity index (χ2v) is 8.61. The number of fused-ring (bicyclic) bond motifs is 1. The fourth-order valence-corrected chi connectivity index (χ4v) is 4.33. The van der Waals surface area contributed by atoms with Crippen LogP contribution >= 0.6 is 31.9 Å². The van der Waals surface area contributed by atoms with Gasteiger partial charge >= 0.3 is 0 Å². The Balaban J connectivity index is 1.90. The van der Waals surface area contributed by atoms with Crippen molar-refractivity contribution < 1.29 is 13.2 Å². The van der Waals surface area contributed by atoms with Gasteiger partial charge < -0.3 is 4.74 Å². The fourth-order valence-electron chi connectivity index (χ4n) is 2.42. The third-order valence-corrected chi connectivity index (χ3v) is 6.02. The number of nitrogens with zero attached hydrogens (tertiary/aromatic N) is 1. The summed E-state index contributed by atoms with van der Waals surface area (Å²) in [5.74, 6) is 0.555. The summed E-state index contributed by atoms with van der Waals surface area (Å²) in [5, 5.41) is 0.930. The van der Waals surface area contributed by atoms with Gasteiger partial charge in [-0.2, -0.15) is 12.8 Å². The number of hydrogen-bond donors (Lipinski definition) is 0. The molecule has 1 aliphatic rings. The van der Waals surface area contributed by atoms with Crippen LogP contribution in [0.25, 0.3) is 0 Å². The Labute approximate surface area is 158 Å². The minimum absolute atomic E-state index is 0.207. The Morgan fingerprint density at radius 1 is 1.04 bits per heavy atom. The molecule has 0 aromatic heterocycles. The van der Waals surface area contributed by atoms with Crippen LogP contribution in [0, 0.1) is 0 Å². The molecule has 3 rings (SSSR count). The van der Waals surface area contributed by atoms with E-state index in [4.69, 9.17) is 4.74 Å². The van der Waals surface area contributed by atoms with Crippen LogP contribution in [0.4, 0.5) is 0 Å². The largest absolute Gasteiger partial charge is 0.494 e. The third-order valence-electron chi connectivity index (χ3n) is 3.61. The van der Waals surface area contributed by atoms with Crippen molar-refractivity contribution in [3.05, 3.63) is 58.1 Å². The van der Waals surface area contributed by atoms with Gasteiger partial charge in [0.05, 0.1) is 12.3 Å². The van der Waals surface area contributed by atoms with Gasteiger partial charge in [0.15, 0.2) is 0 Å². The Morgan fingerprint density at radius 2 is 1.79 bits per heavy atom. The summed E-state index contributed by atoms with van der Waals surface area (Å²) >= 11 is 6.75. The Morgan fingerprint density at radius 3 is 2.50 bits per heavy atom. The molecule has 0 unspecified atom stereocenters. The van der Waals surface area contributed by atoms with Crippen LogP contribution in [0.1, 0.15) is 24.0 Å². The zero-order valence-electron chi connectivity index (χ0n) is 12.7. The van der Waals surface area contributed by atoms with E-state index in [1.165, 1.54) is 0 Å². The highest BCUT2D eigenvalue weighted by Gasteiger charge is 2.30. The highest BCUT2D eigenvalue weighted by atomic mass is 79.9. The van der Waals surface area contributed by atoms with Crippen molar-refractivity contribution in [1.82, 2.24) is 0 Å². The first-order valence-corrected chi connectivity index (χ1v) is 10.8. The molecule has 0 amide bonds. The molecule has 0 spiro atoms. The summed E-state index contributed by atoms with van der Waals surface area (Å²) < 4.78 is 35.3. The lowest BCUT2D eigenvalue weighted by Gasteiger charge is -2.08. The lowest BCUT2D eigenvalue weighted by Crippen LogP contribution is -2.02. The lowest BCUT2D eigenvalue weighted by molar-refractivity contribution is 0.309. The van der Waals surface area contributed by atoms with Gasteiger partial charge in [-0.3, -0.25) is 0 Å². The van der Waals surface area contributed by atoms with Crippen molar-refractivity contribution in [2.45, 2.75) is 17.7 Å². The number of sulfonamides is 1. The van der Waals surface area contributed by atoms with Crippen molar-refractivity contribution in [1.29, 1.82) is 0 Å². The predicted molar refractivity (Wildman–Crippen MR) is 102 cm³/mol. The smallest absolute Gasteiger partial charge is 0.283 e. The van der Waals surface area contributed by atoms with E-state index in [0.29, 0.717) is 23.6 Å². The molecule has 1 heterocycles. The molecule has 0 aliphatic carbocycles. The third kappa shape index (κ3) is 3.73. The second-order valence-electron chi connectivity index (χ2n) is 5.32. The van der Waals surface area contributed by atoms with Gasteiger partial charge in [0, 0.05) is 27.0 Å². The predicted octanol–water partition coefficient (Wildman–Crippen LogP) is 4.54. The molecule has 126 valence electrons. The molecule has 0 atom stereocenters. The maximum absolute atomic E-state index is 12.4. The normalized spacial score (nSPS) is 15.0. The van der Waals surface area contributed by atoms with Crippen LogP contribution in [0.2, 0.25) is 0 Å². The van der Waals surface area contributed by atoms with E-state index in [1.807, 2.05) is 24.3 Å². The molecule has 0 bridgehead atoms. The minimum Gasteiger partial charge on any atom is -0.494 e. The van der Waals surface area contributed by atoms with Crippen LogP contribution in [0.15, 0.2) is 56.2 Å². The van der Waals surface area contributed by atoms with E-state index in [2.05, 4.69) is 36.3 Å². The molecule has 0 fully saturated rings. The highest BCUT2D eigenvalue weighted by molar-refractivity contribution is 9.10. The van der Waals surface area contributed by atoms with E-state index in [9.17, 15) is 8.42 Å². The lowest BCUT2D eigenvalue weighted by atomic mass is 10.0. The van der Waals surface area contributed by atoms with Crippen molar-refractivity contribution in [3.8, 4) is 5.75 Å². The van der Waals surface area contributed by atoms with Gasteiger partial charge in [-0.15, -0.1) is 0 Å². The Bertz CT molecular complexity index is 877. The maximum atomic E-state index is 12.4. The van der Waals surface area contributed by atoms with Crippen LogP contribution < -0.4 is 4.74 Å². The molecule has 0 radical (unpaired) electrons. The number of hydrogen-bond acceptors (Lipinski definition) is 3. The summed E-state index contributed by atoms with van der Waals surface area (Å²) in [6, 6.07) is 12.5. The summed E-state index contributed by atoms with van der Waals surface area (Å²) in [4.78, 5) is 0.207. The maximum Gasteiger partial charge on any atom is 0.283 e. The summed E-state index contributed by atoms with van der Waals surface area (Å²) in [5.41, 5.74) is 1.86. The molecule has 4 nitrogen and oxygen atoms in total. The van der Waals surface area contributed by atoms with Gasteiger partial charge in [-0.05, 0) is 37.1 Å². The van der Waals surface area contributed by atoms with Crippen molar-refractivity contribution in [2.24, 2.45) is 4.40 Å². The van der Waals surface area contributed by atoms with E-state index in [-0.39, 0.29) is 4.90 Å². The van der Waals surface area contributed by atoms with E-state index < -0.39 is 10.0 Å². The first-order valence-electron chi connectivity index (χ1n) is 7.45. The first kappa shape index (κ1) is 17.6. The zero-order chi connectivity index (χ0) is 17.2. The Kier molecular flexibility index (Phi) is 5.42. The molecule has 2 aromatic rings. The molecule has 1 aliphatic heterocycles. The number of ether oxygens (including phenoxy) is 1. The Hall–Kier alpha value is -1.18. The summed E-state index contributed by atoms with van der Waals surface area (Å²) in [7, 11) is -3.68. The van der Waals surface area contributed by atoms with Gasteiger partial charge in [0.25, 0.3) is 10.0 Å². The van der Waals surface area contributed by atoms with Crippen molar-refractivity contribution in [2.75, 3.05) is 11.9 Å². The van der Waals surface area contributed by atoms with Gasteiger partial charge in [-0.1, -0.05) is 44.0 Å². The summed E-state index contributed by atoms with van der Waals surface area (Å²) in [6.07, 6.45) is 1.93. The van der Waals surface area contributed by atoms with Crippen LogP contribution in [0.5, 0.6) is 5.75 Å². The van der Waals surface area contributed by atoms with Crippen LogP contribution in [-0.2, 0) is 10.0 Å². The summed E-state index contributed by atoms with van der Waals surface area (Å²) in [6.45, 7) is 0.560. The van der Waals surface area contributed by atoms with Crippen molar-refractivity contribution in [3.63, 3.8) is 0 Å². The van der Waals surface area contributed by atoms with E-state index >= 15 is 0 Å². The average molecular weight is 473 g/mol. The van der Waals surface area contributed by atoms with Crippen LogP contribution in [-0.4, -0.2) is 26.1 Å². The second kappa shape index (κ2) is 7.37. The molecule has 7 heteroatoms. The van der Waals surface area contributed by atoms with Gasteiger partial charge in [0.1, 0.15) is 10.6 Å². The molecular formula is C17H15Br2NO3S. The van der Waals surface area contributed by atoms with Gasteiger partial charge in [-0.25, -0.2) is 0 Å². The molecule has 0 saturated heterocycles. The molecule has 0 saturated carbocycles. The molecule has 24 heavy (non-hydrogen) atoms. The monoisotopic (exact) mass is 471 g/mol. The topological polar surface area (TPSA) is 55.7 Å². The van der Waals surface area contributed by atoms with Crippen molar-refractivity contribution >= 4 is 47.6 Å². The molecule has 2 aromatic carbocycles. The number of halogens is 2. The molecular weight excluding hydrogens is 458 g/mol. The molecule has 0 N–H and O–H groups in total. The SMILES string of the molecule is O=S1(=O)N=C(c2ccc(Br)cc2)c2ccc(OCCCCBr)cc21. The zero-order valence-corrected chi connectivity index (χ0v) is 16.7. The fraction of sp³-hybridized carbons (Fsp3) is 0.235. The van der Waals surface area contributed by atoms with Crippen LogP contribution in [0.3, 0.4) is 0 Å². The van der Waals surface area contributed by atoms with E-state index in [1.54, 1.807) is 18.2 Å². The number of alkyl halides is 1. The number of benzene rings is 2. The number of rotatable bonds is 6.